The zero-order chi connectivity index (χ0) is 11.1. The number of rotatable bonds is 4. The van der Waals surface area contributed by atoms with E-state index in [9.17, 15) is 5.11 Å². The van der Waals surface area contributed by atoms with Crippen LogP contribution in [0.25, 0.3) is 0 Å². The van der Waals surface area contributed by atoms with Crippen LogP contribution in [0.2, 0.25) is 0 Å². The molecule has 15 heavy (non-hydrogen) atoms. The van der Waals surface area contributed by atoms with Crippen molar-refractivity contribution in [3.63, 3.8) is 0 Å². The molecule has 0 spiro atoms. The summed E-state index contributed by atoms with van der Waals surface area (Å²) in [5.41, 5.74) is 0. The lowest BCUT2D eigenvalue weighted by atomic mass is 10.1. The zero-order valence-corrected chi connectivity index (χ0v) is 9.53. The summed E-state index contributed by atoms with van der Waals surface area (Å²) < 4.78 is 10.6. The van der Waals surface area contributed by atoms with E-state index in [4.69, 9.17) is 9.47 Å². The molecule has 0 aromatic carbocycles. The molecular weight excluding hydrogens is 192 g/mol. The van der Waals surface area contributed by atoms with Gasteiger partial charge in [-0.15, -0.1) is 0 Å². The topological polar surface area (TPSA) is 38.7 Å². The van der Waals surface area contributed by atoms with Gasteiger partial charge in [-0.2, -0.15) is 0 Å². The van der Waals surface area contributed by atoms with Crippen LogP contribution in [0.15, 0.2) is 0 Å². The van der Waals surface area contributed by atoms with E-state index in [0.717, 1.165) is 19.3 Å². The Labute approximate surface area is 91.8 Å². The molecule has 86 valence electrons. The SMILES string of the molecule is CCOC(C#C[C@@H]1CCC[C@H]1O)OCC. The predicted molar refractivity (Wildman–Crippen MR) is 58.2 cm³/mol. The molecule has 1 aliphatic rings. The molecule has 0 aromatic rings. The molecule has 1 fully saturated rings. The third-order valence-corrected chi connectivity index (χ3v) is 2.50. The van der Waals surface area contributed by atoms with Gasteiger partial charge in [0.05, 0.1) is 6.10 Å². The molecule has 0 aliphatic heterocycles. The molecule has 0 unspecified atom stereocenters. The number of hydrogen-bond donors (Lipinski definition) is 1. The number of aliphatic hydroxyl groups excluding tert-OH is 1. The molecule has 2 atom stereocenters. The van der Waals surface area contributed by atoms with Crippen molar-refractivity contribution in [2.45, 2.75) is 45.5 Å². The summed E-state index contributed by atoms with van der Waals surface area (Å²) in [5, 5.41) is 9.58. The normalized spacial score (nSPS) is 25.3. The minimum absolute atomic E-state index is 0.105. The van der Waals surface area contributed by atoms with Crippen molar-refractivity contribution in [1.29, 1.82) is 0 Å². The van der Waals surface area contributed by atoms with E-state index in [2.05, 4.69) is 11.8 Å². The van der Waals surface area contributed by atoms with Gasteiger partial charge in [-0.1, -0.05) is 5.92 Å². The van der Waals surface area contributed by atoms with Gasteiger partial charge in [-0.3, -0.25) is 0 Å². The minimum atomic E-state index is -0.437. The van der Waals surface area contributed by atoms with Gasteiger partial charge in [0.2, 0.25) is 6.29 Å². The molecule has 0 heterocycles. The molecule has 0 bridgehead atoms. The fourth-order valence-electron chi connectivity index (χ4n) is 1.72. The van der Waals surface area contributed by atoms with Gasteiger partial charge in [0.25, 0.3) is 0 Å². The number of aliphatic hydroxyl groups is 1. The second-order valence-electron chi connectivity index (χ2n) is 3.64. The highest BCUT2D eigenvalue weighted by atomic mass is 16.7. The Hall–Kier alpha value is -0.560. The van der Waals surface area contributed by atoms with E-state index < -0.39 is 6.29 Å². The monoisotopic (exact) mass is 212 g/mol. The largest absolute Gasteiger partial charge is 0.392 e. The standard InChI is InChI=1S/C12H20O3/c1-3-14-12(15-4-2)9-8-10-6-5-7-11(10)13/h10-13H,3-7H2,1-2H3/t10-,11+/m0/s1. The maximum absolute atomic E-state index is 9.58. The number of ether oxygens (including phenoxy) is 2. The Balaban J connectivity index is 2.44. The summed E-state index contributed by atoms with van der Waals surface area (Å²) >= 11 is 0. The van der Waals surface area contributed by atoms with Gasteiger partial charge in [0.15, 0.2) is 0 Å². The van der Waals surface area contributed by atoms with Gasteiger partial charge >= 0.3 is 0 Å². The molecule has 0 amide bonds. The molecule has 0 saturated heterocycles. The van der Waals surface area contributed by atoms with Crippen LogP contribution in [-0.2, 0) is 9.47 Å². The van der Waals surface area contributed by atoms with Crippen LogP contribution in [0.3, 0.4) is 0 Å². The highest BCUT2D eigenvalue weighted by molar-refractivity contribution is 5.09. The van der Waals surface area contributed by atoms with Crippen molar-refractivity contribution >= 4 is 0 Å². The summed E-state index contributed by atoms with van der Waals surface area (Å²) in [7, 11) is 0. The summed E-state index contributed by atoms with van der Waals surface area (Å²) in [6, 6.07) is 0. The Morgan fingerprint density at radius 2 is 1.93 bits per heavy atom. The van der Waals surface area contributed by atoms with Gasteiger partial charge in [0.1, 0.15) is 0 Å². The average molecular weight is 212 g/mol. The first-order valence-electron chi connectivity index (χ1n) is 5.70. The van der Waals surface area contributed by atoms with E-state index in [1.807, 2.05) is 13.8 Å². The first-order valence-corrected chi connectivity index (χ1v) is 5.70. The predicted octanol–water partition coefficient (Wildman–Crippen LogP) is 1.55. The first kappa shape index (κ1) is 12.5. The van der Waals surface area contributed by atoms with Gasteiger partial charge in [-0.05, 0) is 39.0 Å². The number of hydrogen-bond acceptors (Lipinski definition) is 3. The molecular formula is C12H20O3. The quantitative estimate of drug-likeness (QED) is 0.567. The van der Waals surface area contributed by atoms with Gasteiger partial charge in [0, 0.05) is 19.1 Å². The third-order valence-electron chi connectivity index (χ3n) is 2.50. The lowest BCUT2D eigenvalue weighted by Crippen LogP contribution is -2.16. The zero-order valence-electron chi connectivity index (χ0n) is 9.53. The van der Waals surface area contributed by atoms with Crippen molar-refractivity contribution in [1.82, 2.24) is 0 Å². The Kier molecular flexibility index (Phi) is 5.70. The van der Waals surface area contributed by atoms with Crippen LogP contribution in [0, 0.1) is 17.8 Å². The first-order chi connectivity index (χ1) is 7.27. The highest BCUT2D eigenvalue weighted by Crippen LogP contribution is 2.24. The molecule has 1 aliphatic carbocycles. The van der Waals surface area contributed by atoms with Crippen LogP contribution < -0.4 is 0 Å². The van der Waals surface area contributed by atoms with Crippen molar-refractivity contribution in [2.75, 3.05) is 13.2 Å². The Morgan fingerprint density at radius 3 is 2.40 bits per heavy atom. The average Bonchev–Trinajstić information content (AvgIpc) is 2.61. The van der Waals surface area contributed by atoms with Crippen molar-refractivity contribution in [3.8, 4) is 11.8 Å². The Morgan fingerprint density at radius 1 is 1.27 bits per heavy atom. The van der Waals surface area contributed by atoms with Crippen LogP contribution >= 0.6 is 0 Å². The summed E-state index contributed by atoms with van der Waals surface area (Å²) in [6.07, 6.45) is 2.22. The van der Waals surface area contributed by atoms with Crippen molar-refractivity contribution in [3.05, 3.63) is 0 Å². The molecule has 3 heteroatoms. The smallest absolute Gasteiger partial charge is 0.222 e. The summed E-state index contributed by atoms with van der Waals surface area (Å²) in [5.74, 6) is 6.10. The van der Waals surface area contributed by atoms with Crippen molar-refractivity contribution in [2.24, 2.45) is 5.92 Å². The molecule has 1 saturated carbocycles. The van der Waals surface area contributed by atoms with E-state index in [1.54, 1.807) is 0 Å². The second kappa shape index (κ2) is 6.84. The van der Waals surface area contributed by atoms with Crippen LogP contribution in [0.1, 0.15) is 33.1 Å². The second-order valence-corrected chi connectivity index (χ2v) is 3.64. The lowest BCUT2D eigenvalue weighted by Gasteiger charge is -2.11. The van der Waals surface area contributed by atoms with E-state index in [0.29, 0.717) is 13.2 Å². The molecule has 1 rings (SSSR count). The minimum Gasteiger partial charge on any atom is -0.392 e. The van der Waals surface area contributed by atoms with Gasteiger partial charge < -0.3 is 14.6 Å². The van der Waals surface area contributed by atoms with Crippen LogP contribution in [-0.4, -0.2) is 30.7 Å². The van der Waals surface area contributed by atoms with E-state index >= 15 is 0 Å². The summed E-state index contributed by atoms with van der Waals surface area (Å²) in [4.78, 5) is 0. The van der Waals surface area contributed by atoms with Crippen molar-refractivity contribution < 1.29 is 14.6 Å². The van der Waals surface area contributed by atoms with E-state index in [1.165, 1.54) is 0 Å². The van der Waals surface area contributed by atoms with Gasteiger partial charge in [-0.25, -0.2) is 0 Å². The summed E-state index contributed by atoms with van der Waals surface area (Å²) in [6.45, 7) is 5.01. The third kappa shape index (κ3) is 4.21. The molecule has 3 nitrogen and oxygen atoms in total. The Bertz CT molecular complexity index is 223. The van der Waals surface area contributed by atoms with Crippen LogP contribution in [0.5, 0.6) is 0 Å². The molecule has 0 radical (unpaired) electrons. The fraction of sp³-hybridized carbons (Fsp3) is 0.833. The van der Waals surface area contributed by atoms with E-state index in [-0.39, 0.29) is 12.0 Å². The highest BCUT2D eigenvalue weighted by Gasteiger charge is 2.23. The molecule has 0 aromatic heterocycles. The fourth-order valence-corrected chi connectivity index (χ4v) is 1.72. The lowest BCUT2D eigenvalue weighted by molar-refractivity contribution is -0.0971. The van der Waals surface area contributed by atoms with Crippen LogP contribution in [0.4, 0.5) is 0 Å². The molecule has 1 N–H and O–H groups in total. The maximum atomic E-state index is 9.58. The maximum Gasteiger partial charge on any atom is 0.222 e.